The van der Waals surface area contributed by atoms with Crippen LogP contribution in [0.25, 0.3) is 0 Å². The molecule has 1 heteroatoms. The summed E-state index contributed by atoms with van der Waals surface area (Å²) in [6.07, 6.45) is 7.04. The Morgan fingerprint density at radius 3 is 2.28 bits per heavy atom. The Balaban J connectivity index is 1.94. The summed E-state index contributed by atoms with van der Waals surface area (Å²) in [5.74, 6) is 2.45. The van der Waals surface area contributed by atoms with E-state index in [1.165, 1.54) is 53.9 Å². The average Bonchev–Trinajstić information content (AvgIpc) is 2.78. The third-order valence-electron chi connectivity index (χ3n) is 3.92. The van der Waals surface area contributed by atoms with Crippen molar-refractivity contribution in [2.24, 2.45) is 0 Å². The molecule has 0 aliphatic heterocycles. The second kappa shape index (κ2) is 5.01. The number of aryl methyl sites for hydroxylation is 1. The predicted molar refractivity (Wildman–Crippen MR) is 74.0 cm³/mol. The largest absolute Gasteiger partial charge is 0.465 e. The lowest BCUT2D eigenvalue weighted by Gasteiger charge is -2.12. The SMILES string of the molecule is CCc1oc(Cc2ccccc2)c2c1CCCC2. The molecule has 0 amide bonds. The van der Waals surface area contributed by atoms with Gasteiger partial charge in [0.15, 0.2) is 0 Å². The number of fused-ring (bicyclic) bond motifs is 1. The average molecular weight is 240 g/mol. The summed E-state index contributed by atoms with van der Waals surface area (Å²) in [5, 5.41) is 0. The molecule has 18 heavy (non-hydrogen) atoms. The van der Waals surface area contributed by atoms with Gasteiger partial charge in [-0.25, -0.2) is 0 Å². The number of benzene rings is 1. The van der Waals surface area contributed by atoms with Crippen molar-refractivity contribution in [2.75, 3.05) is 0 Å². The maximum absolute atomic E-state index is 6.12. The molecule has 0 radical (unpaired) electrons. The zero-order chi connectivity index (χ0) is 12.4. The summed E-state index contributed by atoms with van der Waals surface area (Å²) in [7, 11) is 0. The molecule has 1 aliphatic carbocycles. The van der Waals surface area contributed by atoms with E-state index in [9.17, 15) is 0 Å². The van der Waals surface area contributed by atoms with Gasteiger partial charge in [-0.05, 0) is 42.4 Å². The molecule has 1 nitrogen and oxygen atoms in total. The molecule has 0 spiro atoms. The molecule has 0 unspecified atom stereocenters. The van der Waals surface area contributed by atoms with E-state index in [4.69, 9.17) is 4.42 Å². The topological polar surface area (TPSA) is 13.1 Å². The molecule has 3 rings (SSSR count). The van der Waals surface area contributed by atoms with Crippen LogP contribution in [-0.2, 0) is 25.7 Å². The molecule has 0 saturated carbocycles. The highest BCUT2D eigenvalue weighted by Gasteiger charge is 2.21. The Bertz CT molecular complexity index is 522. The zero-order valence-electron chi connectivity index (χ0n) is 11.0. The second-order valence-electron chi connectivity index (χ2n) is 5.13. The minimum absolute atomic E-state index is 0.948. The molecular weight excluding hydrogens is 220 g/mol. The van der Waals surface area contributed by atoms with Gasteiger partial charge >= 0.3 is 0 Å². The zero-order valence-corrected chi connectivity index (χ0v) is 11.0. The Morgan fingerprint density at radius 1 is 0.944 bits per heavy atom. The summed E-state index contributed by atoms with van der Waals surface area (Å²) in [6, 6.07) is 10.6. The van der Waals surface area contributed by atoms with Gasteiger partial charge in [0, 0.05) is 12.8 Å². The number of hydrogen-bond acceptors (Lipinski definition) is 1. The maximum atomic E-state index is 6.12. The number of rotatable bonds is 3. The number of hydrogen-bond donors (Lipinski definition) is 0. The van der Waals surface area contributed by atoms with Gasteiger partial charge in [-0.2, -0.15) is 0 Å². The molecule has 0 N–H and O–H groups in total. The van der Waals surface area contributed by atoms with Gasteiger partial charge in [-0.15, -0.1) is 0 Å². The van der Waals surface area contributed by atoms with Crippen LogP contribution in [0, 0.1) is 0 Å². The van der Waals surface area contributed by atoms with Crippen LogP contribution in [0.1, 0.15) is 48.0 Å². The molecule has 94 valence electrons. The quantitative estimate of drug-likeness (QED) is 0.779. The highest BCUT2D eigenvalue weighted by atomic mass is 16.3. The normalized spacial score (nSPS) is 14.5. The predicted octanol–water partition coefficient (Wildman–Crippen LogP) is 4.31. The summed E-state index contributed by atoms with van der Waals surface area (Å²) in [5.41, 5.74) is 4.39. The van der Waals surface area contributed by atoms with E-state index in [0.29, 0.717) is 0 Å². The van der Waals surface area contributed by atoms with Gasteiger partial charge in [-0.1, -0.05) is 37.3 Å². The van der Waals surface area contributed by atoms with Crippen molar-refractivity contribution in [3.05, 3.63) is 58.5 Å². The van der Waals surface area contributed by atoms with Gasteiger partial charge < -0.3 is 4.42 Å². The Hall–Kier alpha value is -1.50. The summed E-state index contributed by atoms with van der Waals surface area (Å²) in [6.45, 7) is 2.19. The fourth-order valence-corrected chi connectivity index (χ4v) is 3.00. The molecule has 2 aromatic rings. The lowest BCUT2D eigenvalue weighted by molar-refractivity contribution is 0.473. The van der Waals surface area contributed by atoms with Gasteiger partial charge in [0.1, 0.15) is 11.5 Å². The van der Waals surface area contributed by atoms with E-state index in [1.807, 2.05) is 0 Å². The summed E-state index contributed by atoms with van der Waals surface area (Å²) in [4.78, 5) is 0. The van der Waals surface area contributed by atoms with Crippen molar-refractivity contribution in [3.8, 4) is 0 Å². The lowest BCUT2D eigenvalue weighted by Crippen LogP contribution is -2.03. The molecular formula is C17H20O. The van der Waals surface area contributed by atoms with Gasteiger partial charge in [-0.3, -0.25) is 0 Å². The fraction of sp³-hybridized carbons (Fsp3) is 0.412. The minimum atomic E-state index is 0.948. The molecule has 0 atom stereocenters. The number of furan rings is 1. The van der Waals surface area contributed by atoms with Gasteiger partial charge in [0.25, 0.3) is 0 Å². The molecule has 1 aromatic carbocycles. The third-order valence-corrected chi connectivity index (χ3v) is 3.92. The first-order valence-electron chi connectivity index (χ1n) is 7.04. The first-order chi connectivity index (χ1) is 8.88. The van der Waals surface area contributed by atoms with Crippen molar-refractivity contribution in [3.63, 3.8) is 0 Å². The maximum Gasteiger partial charge on any atom is 0.112 e. The molecule has 0 fully saturated rings. The highest BCUT2D eigenvalue weighted by Crippen LogP contribution is 2.31. The van der Waals surface area contributed by atoms with E-state index in [1.54, 1.807) is 0 Å². The van der Waals surface area contributed by atoms with Gasteiger partial charge in [0.05, 0.1) is 0 Å². The van der Waals surface area contributed by atoms with Crippen molar-refractivity contribution in [1.29, 1.82) is 0 Å². The third kappa shape index (κ3) is 2.10. The van der Waals surface area contributed by atoms with Crippen molar-refractivity contribution in [1.82, 2.24) is 0 Å². The van der Waals surface area contributed by atoms with Crippen LogP contribution in [0.15, 0.2) is 34.7 Å². The van der Waals surface area contributed by atoms with Crippen LogP contribution in [0.3, 0.4) is 0 Å². The summed E-state index contributed by atoms with van der Waals surface area (Å²) >= 11 is 0. The Labute approximate surface area is 109 Å². The fourth-order valence-electron chi connectivity index (χ4n) is 3.00. The summed E-state index contributed by atoms with van der Waals surface area (Å²) < 4.78 is 6.12. The molecule has 0 bridgehead atoms. The molecule has 1 aromatic heterocycles. The highest BCUT2D eigenvalue weighted by molar-refractivity contribution is 5.38. The monoisotopic (exact) mass is 240 g/mol. The van der Waals surface area contributed by atoms with Crippen LogP contribution in [0.4, 0.5) is 0 Å². The standard InChI is InChI=1S/C17H20O/c1-2-16-14-10-6-7-11-15(14)17(18-16)12-13-8-4-3-5-9-13/h3-5,8-9H,2,6-7,10-12H2,1H3. The Kier molecular flexibility index (Phi) is 3.22. The van der Waals surface area contributed by atoms with Crippen LogP contribution < -0.4 is 0 Å². The van der Waals surface area contributed by atoms with Gasteiger partial charge in [0.2, 0.25) is 0 Å². The smallest absolute Gasteiger partial charge is 0.112 e. The van der Waals surface area contributed by atoms with Crippen molar-refractivity contribution < 1.29 is 4.42 Å². The van der Waals surface area contributed by atoms with Crippen LogP contribution in [0.2, 0.25) is 0 Å². The first kappa shape index (κ1) is 11.6. The minimum Gasteiger partial charge on any atom is -0.465 e. The molecule has 1 heterocycles. The van der Waals surface area contributed by atoms with E-state index >= 15 is 0 Å². The first-order valence-corrected chi connectivity index (χ1v) is 7.04. The van der Waals surface area contributed by atoms with E-state index < -0.39 is 0 Å². The van der Waals surface area contributed by atoms with E-state index in [2.05, 4.69) is 37.3 Å². The van der Waals surface area contributed by atoms with E-state index in [-0.39, 0.29) is 0 Å². The van der Waals surface area contributed by atoms with Crippen molar-refractivity contribution >= 4 is 0 Å². The molecule has 1 aliphatic rings. The van der Waals surface area contributed by atoms with Crippen molar-refractivity contribution in [2.45, 2.75) is 45.4 Å². The van der Waals surface area contributed by atoms with Crippen LogP contribution in [0.5, 0.6) is 0 Å². The van der Waals surface area contributed by atoms with Crippen LogP contribution >= 0.6 is 0 Å². The Morgan fingerprint density at radius 2 is 1.61 bits per heavy atom. The second-order valence-corrected chi connectivity index (χ2v) is 5.13. The van der Waals surface area contributed by atoms with Crippen LogP contribution in [-0.4, -0.2) is 0 Å². The lowest BCUT2D eigenvalue weighted by atomic mass is 9.90. The van der Waals surface area contributed by atoms with E-state index in [0.717, 1.165) is 12.8 Å². The molecule has 0 saturated heterocycles.